The zero-order chi connectivity index (χ0) is 7.68. The van der Waals surface area contributed by atoms with Crippen molar-refractivity contribution >= 4 is 5.88 Å². The lowest BCUT2D eigenvalue weighted by Gasteiger charge is -2.02. The predicted molar refractivity (Wildman–Crippen MR) is 40.9 cm³/mol. The summed E-state index contributed by atoms with van der Waals surface area (Å²) in [6, 6.07) is 2.14. The molecule has 0 bridgehead atoms. The Bertz CT molecular complexity index is 240. The number of nitrogens with zero attached hydrogens (tertiary/aromatic N) is 1. The highest BCUT2D eigenvalue weighted by molar-refractivity contribution is 5.26. The molecular weight excluding hydrogens is 142 g/mol. The zero-order valence-corrected chi connectivity index (χ0v) is 6.21. The summed E-state index contributed by atoms with van der Waals surface area (Å²) in [6.45, 7) is 1.07. The molecule has 2 heterocycles. The maximum Gasteiger partial charge on any atom is 0.222 e. The van der Waals surface area contributed by atoms with Crippen LogP contribution in [0.15, 0.2) is 10.6 Å². The Morgan fingerprint density at radius 3 is 3.18 bits per heavy atom. The van der Waals surface area contributed by atoms with E-state index in [1.54, 1.807) is 6.07 Å². The lowest BCUT2D eigenvalue weighted by molar-refractivity contribution is 0.416. The lowest BCUT2D eigenvalue weighted by atomic mass is 10.2. The summed E-state index contributed by atoms with van der Waals surface area (Å²) >= 11 is 0. The topological polar surface area (TPSA) is 64.1 Å². The Morgan fingerprint density at radius 1 is 1.73 bits per heavy atom. The van der Waals surface area contributed by atoms with E-state index in [1.165, 1.54) is 6.42 Å². The smallest absolute Gasteiger partial charge is 0.222 e. The average molecular weight is 153 g/mol. The summed E-state index contributed by atoms with van der Waals surface area (Å²) in [6.07, 6.45) is 2.34. The number of anilines is 1. The summed E-state index contributed by atoms with van der Waals surface area (Å²) in [7, 11) is 0. The van der Waals surface area contributed by atoms with Crippen LogP contribution in [0.1, 0.15) is 24.6 Å². The van der Waals surface area contributed by atoms with Crippen molar-refractivity contribution in [3.63, 3.8) is 0 Å². The molecule has 0 aliphatic carbocycles. The molecule has 4 heteroatoms. The predicted octanol–water partition coefficient (Wildman–Crippen LogP) is 0.681. The molecule has 3 N–H and O–H groups in total. The molecule has 0 amide bonds. The van der Waals surface area contributed by atoms with Crippen LogP contribution in [-0.4, -0.2) is 11.7 Å². The zero-order valence-electron chi connectivity index (χ0n) is 6.21. The van der Waals surface area contributed by atoms with Crippen LogP contribution in [0.2, 0.25) is 0 Å². The molecule has 60 valence electrons. The molecule has 1 atom stereocenters. The molecule has 0 unspecified atom stereocenters. The molecule has 0 radical (unpaired) electrons. The summed E-state index contributed by atoms with van der Waals surface area (Å²) in [4.78, 5) is 0. The number of aromatic nitrogens is 1. The van der Waals surface area contributed by atoms with Crippen LogP contribution in [0.4, 0.5) is 5.88 Å². The first kappa shape index (κ1) is 6.67. The number of nitrogen functional groups attached to an aromatic ring is 1. The molecular formula is C7H11N3O. The lowest BCUT2D eigenvalue weighted by Crippen LogP contribution is -2.12. The van der Waals surface area contributed by atoms with Gasteiger partial charge in [-0.1, -0.05) is 5.16 Å². The average Bonchev–Trinajstić information content (AvgIpc) is 2.55. The monoisotopic (exact) mass is 153 g/mol. The van der Waals surface area contributed by atoms with E-state index in [0.29, 0.717) is 11.9 Å². The Hall–Kier alpha value is -1.03. The van der Waals surface area contributed by atoms with Crippen LogP contribution >= 0.6 is 0 Å². The minimum Gasteiger partial charge on any atom is -0.368 e. The van der Waals surface area contributed by atoms with Crippen molar-refractivity contribution in [1.29, 1.82) is 0 Å². The van der Waals surface area contributed by atoms with Crippen LogP contribution in [-0.2, 0) is 0 Å². The first-order valence-corrected chi connectivity index (χ1v) is 3.82. The van der Waals surface area contributed by atoms with Gasteiger partial charge in [0.15, 0.2) is 0 Å². The number of rotatable bonds is 1. The molecule has 4 nitrogen and oxygen atoms in total. The molecule has 1 fully saturated rings. The van der Waals surface area contributed by atoms with Gasteiger partial charge in [-0.2, -0.15) is 0 Å². The number of hydrogen-bond acceptors (Lipinski definition) is 4. The Kier molecular flexibility index (Phi) is 1.54. The van der Waals surface area contributed by atoms with Gasteiger partial charge < -0.3 is 15.6 Å². The fraction of sp³-hybridized carbons (Fsp3) is 0.571. The Labute approximate surface area is 64.7 Å². The Morgan fingerprint density at radius 2 is 2.64 bits per heavy atom. The van der Waals surface area contributed by atoms with Gasteiger partial charge in [0.25, 0.3) is 0 Å². The standard InChI is InChI=1S/C7H11N3O/c8-7-4-6(10-11-7)5-2-1-3-9-5/h4-5,9H,1-3,8H2/t5-/m0/s1. The van der Waals surface area contributed by atoms with Crippen molar-refractivity contribution in [1.82, 2.24) is 10.5 Å². The largest absolute Gasteiger partial charge is 0.368 e. The fourth-order valence-corrected chi connectivity index (χ4v) is 1.41. The van der Waals surface area contributed by atoms with Crippen LogP contribution < -0.4 is 11.1 Å². The second kappa shape index (κ2) is 2.54. The van der Waals surface area contributed by atoms with Crippen molar-refractivity contribution in [3.8, 4) is 0 Å². The molecule has 1 aromatic rings. The van der Waals surface area contributed by atoms with Gasteiger partial charge in [0.1, 0.15) is 5.69 Å². The third-order valence-electron chi connectivity index (χ3n) is 1.96. The highest BCUT2D eigenvalue weighted by Gasteiger charge is 2.19. The molecule has 1 aromatic heterocycles. The van der Waals surface area contributed by atoms with Gasteiger partial charge in [-0.05, 0) is 19.4 Å². The van der Waals surface area contributed by atoms with Crippen molar-refractivity contribution in [2.45, 2.75) is 18.9 Å². The highest BCUT2D eigenvalue weighted by Crippen LogP contribution is 2.22. The van der Waals surface area contributed by atoms with Crippen molar-refractivity contribution < 1.29 is 4.52 Å². The van der Waals surface area contributed by atoms with Gasteiger partial charge in [-0.15, -0.1) is 0 Å². The molecule has 1 aliphatic rings. The van der Waals surface area contributed by atoms with Crippen LogP contribution in [0.5, 0.6) is 0 Å². The summed E-state index contributed by atoms with van der Waals surface area (Å²) in [5.74, 6) is 0.397. The van der Waals surface area contributed by atoms with Gasteiger partial charge in [0.2, 0.25) is 5.88 Å². The van der Waals surface area contributed by atoms with E-state index in [2.05, 4.69) is 10.5 Å². The van der Waals surface area contributed by atoms with E-state index in [0.717, 1.165) is 18.7 Å². The summed E-state index contributed by atoms with van der Waals surface area (Å²) in [5, 5.41) is 7.14. The number of nitrogens with one attached hydrogen (secondary N) is 1. The maximum absolute atomic E-state index is 5.39. The first-order valence-electron chi connectivity index (χ1n) is 3.82. The first-order chi connectivity index (χ1) is 5.36. The molecule has 0 aromatic carbocycles. The summed E-state index contributed by atoms with van der Waals surface area (Å²) < 4.78 is 4.76. The molecule has 11 heavy (non-hydrogen) atoms. The van der Waals surface area contributed by atoms with E-state index in [1.807, 2.05) is 0 Å². The van der Waals surface area contributed by atoms with Crippen molar-refractivity contribution in [3.05, 3.63) is 11.8 Å². The minimum atomic E-state index is 0.357. The minimum absolute atomic E-state index is 0.357. The number of nitrogens with two attached hydrogens (primary N) is 1. The van der Waals surface area contributed by atoms with Crippen LogP contribution in [0, 0.1) is 0 Å². The van der Waals surface area contributed by atoms with Gasteiger partial charge in [0, 0.05) is 6.07 Å². The maximum atomic E-state index is 5.39. The molecule has 0 saturated carbocycles. The third kappa shape index (κ3) is 1.21. The highest BCUT2D eigenvalue weighted by atomic mass is 16.5. The van der Waals surface area contributed by atoms with Gasteiger partial charge in [0.05, 0.1) is 6.04 Å². The van der Waals surface area contributed by atoms with Crippen molar-refractivity contribution in [2.75, 3.05) is 12.3 Å². The molecule has 2 rings (SSSR count). The molecule has 1 saturated heterocycles. The second-order valence-electron chi connectivity index (χ2n) is 2.80. The van der Waals surface area contributed by atoms with E-state index in [9.17, 15) is 0 Å². The van der Waals surface area contributed by atoms with Gasteiger partial charge in [-0.25, -0.2) is 0 Å². The van der Waals surface area contributed by atoms with E-state index < -0.39 is 0 Å². The van der Waals surface area contributed by atoms with Crippen LogP contribution in [0.25, 0.3) is 0 Å². The molecule has 1 aliphatic heterocycles. The number of hydrogen-bond donors (Lipinski definition) is 2. The third-order valence-corrected chi connectivity index (χ3v) is 1.96. The van der Waals surface area contributed by atoms with Crippen molar-refractivity contribution in [2.24, 2.45) is 0 Å². The SMILES string of the molecule is Nc1cc([C@@H]2CCCN2)no1. The van der Waals surface area contributed by atoms with Crippen LogP contribution in [0.3, 0.4) is 0 Å². The normalized spacial score (nSPS) is 24.2. The second-order valence-corrected chi connectivity index (χ2v) is 2.80. The Balaban J connectivity index is 2.15. The quantitative estimate of drug-likeness (QED) is 0.622. The van der Waals surface area contributed by atoms with E-state index >= 15 is 0 Å². The summed E-state index contributed by atoms with van der Waals surface area (Å²) in [5.41, 5.74) is 6.32. The van der Waals surface area contributed by atoms with E-state index in [4.69, 9.17) is 10.3 Å². The fourth-order valence-electron chi connectivity index (χ4n) is 1.41. The van der Waals surface area contributed by atoms with E-state index in [-0.39, 0.29) is 0 Å². The van der Waals surface area contributed by atoms with Gasteiger partial charge in [-0.3, -0.25) is 0 Å². The molecule has 0 spiro atoms. The van der Waals surface area contributed by atoms with Gasteiger partial charge >= 0.3 is 0 Å².